The van der Waals surface area contributed by atoms with Gasteiger partial charge in [-0.15, -0.1) is 11.8 Å². The average Bonchev–Trinajstić information content (AvgIpc) is 2.69. The fourth-order valence-electron chi connectivity index (χ4n) is 2.45. The molecule has 0 aliphatic carbocycles. The second-order valence-corrected chi connectivity index (χ2v) is 6.52. The van der Waals surface area contributed by atoms with E-state index in [9.17, 15) is 14.4 Å². The molecule has 8 heteroatoms. The van der Waals surface area contributed by atoms with Crippen LogP contribution in [0.5, 0.6) is 0 Å². The Balaban J connectivity index is 1.57. The van der Waals surface area contributed by atoms with Crippen LogP contribution in [0, 0.1) is 0 Å². The first-order chi connectivity index (χ1) is 13.1. The van der Waals surface area contributed by atoms with Crippen molar-refractivity contribution in [1.82, 2.24) is 9.55 Å². The zero-order valence-corrected chi connectivity index (χ0v) is 15.4. The van der Waals surface area contributed by atoms with Crippen LogP contribution in [0.1, 0.15) is 0 Å². The quantitative estimate of drug-likeness (QED) is 0.519. The van der Waals surface area contributed by atoms with Gasteiger partial charge in [-0.25, -0.2) is 4.98 Å². The van der Waals surface area contributed by atoms with Crippen molar-refractivity contribution in [1.29, 1.82) is 0 Å². The first kappa shape index (κ1) is 18.7. The summed E-state index contributed by atoms with van der Waals surface area (Å²) in [5.74, 6) is -1.15. The van der Waals surface area contributed by atoms with Crippen molar-refractivity contribution in [3.63, 3.8) is 0 Å². The van der Waals surface area contributed by atoms with Crippen molar-refractivity contribution in [2.45, 2.75) is 11.4 Å². The molecule has 0 bridgehead atoms. The molecule has 2 aromatic carbocycles. The van der Waals surface area contributed by atoms with Crippen LogP contribution in [0.4, 0.5) is 5.69 Å². The number of para-hydroxylation sites is 1. The minimum absolute atomic E-state index is 0.314. The Morgan fingerprint density at radius 1 is 1.19 bits per heavy atom. The Kier molecular flexibility index (Phi) is 5.87. The number of ether oxygens (including phenoxy) is 1. The molecule has 3 aromatic rings. The normalized spacial score (nSPS) is 10.6. The van der Waals surface area contributed by atoms with E-state index in [-0.39, 0.29) is 12.1 Å². The summed E-state index contributed by atoms with van der Waals surface area (Å²) in [6, 6.07) is 14.2. The Morgan fingerprint density at radius 2 is 2.00 bits per heavy atom. The predicted octanol–water partition coefficient (Wildman–Crippen LogP) is 2.30. The van der Waals surface area contributed by atoms with Crippen molar-refractivity contribution in [3.8, 4) is 0 Å². The van der Waals surface area contributed by atoms with E-state index < -0.39 is 18.5 Å². The maximum absolute atomic E-state index is 12.3. The summed E-state index contributed by atoms with van der Waals surface area (Å²) < 4.78 is 6.12. The van der Waals surface area contributed by atoms with Gasteiger partial charge >= 0.3 is 5.97 Å². The number of aromatic nitrogens is 2. The molecule has 0 spiro atoms. The van der Waals surface area contributed by atoms with E-state index in [4.69, 9.17) is 4.74 Å². The van der Waals surface area contributed by atoms with Crippen molar-refractivity contribution in [2.24, 2.45) is 0 Å². The maximum atomic E-state index is 12.3. The van der Waals surface area contributed by atoms with E-state index in [0.29, 0.717) is 16.6 Å². The number of nitrogens with zero attached hydrogens (tertiary/aromatic N) is 2. The third kappa shape index (κ3) is 4.73. The standard InChI is InChI=1S/C19H17N3O4S/c1-27-14-6-4-5-13(9-14)21-17(23)11-26-18(24)10-22-12-20-16-8-3-2-7-15(16)19(22)25/h2-9,12H,10-11H2,1H3,(H,21,23). The lowest BCUT2D eigenvalue weighted by atomic mass is 10.2. The fraction of sp³-hybridized carbons (Fsp3) is 0.158. The SMILES string of the molecule is CSc1cccc(NC(=O)COC(=O)Cn2cnc3ccccc3c2=O)c1. The number of hydrogen-bond acceptors (Lipinski definition) is 6. The summed E-state index contributed by atoms with van der Waals surface area (Å²) in [4.78, 5) is 41.4. The molecule has 1 amide bonds. The van der Waals surface area contributed by atoms with Gasteiger partial charge in [0.1, 0.15) is 6.54 Å². The number of fused-ring (bicyclic) bond motifs is 1. The highest BCUT2D eigenvalue weighted by Crippen LogP contribution is 2.18. The number of carbonyl (C=O) groups excluding carboxylic acids is 2. The minimum atomic E-state index is -0.692. The van der Waals surface area contributed by atoms with Crippen molar-refractivity contribution >= 4 is 40.2 Å². The number of rotatable bonds is 6. The van der Waals surface area contributed by atoms with Crippen LogP contribution < -0.4 is 10.9 Å². The third-order valence-electron chi connectivity index (χ3n) is 3.75. The molecule has 0 saturated carbocycles. The lowest BCUT2D eigenvalue weighted by Gasteiger charge is -2.09. The molecular weight excluding hydrogens is 366 g/mol. The average molecular weight is 383 g/mol. The van der Waals surface area contributed by atoms with E-state index in [1.807, 2.05) is 24.5 Å². The van der Waals surface area contributed by atoms with Gasteiger partial charge in [0.2, 0.25) is 0 Å². The summed E-state index contributed by atoms with van der Waals surface area (Å²) in [6.07, 6.45) is 3.23. The molecule has 0 fully saturated rings. The van der Waals surface area contributed by atoms with E-state index in [1.54, 1.807) is 42.1 Å². The Hall–Kier alpha value is -3.13. The summed E-state index contributed by atoms with van der Waals surface area (Å²) in [5, 5.41) is 3.08. The molecule has 7 nitrogen and oxygen atoms in total. The Bertz CT molecular complexity index is 1050. The topological polar surface area (TPSA) is 90.3 Å². The van der Waals surface area contributed by atoms with Crippen LogP contribution >= 0.6 is 11.8 Å². The van der Waals surface area contributed by atoms with Gasteiger partial charge in [-0.2, -0.15) is 0 Å². The summed E-state index contributed by atoms with van der Waals surface area (Å²) in [5.41, 5.74) is 0.840. The number of nitrogens with one attached hydrogen (secondary N) is 1. The van der Waals surface area contributed by atoms with E-state index in [0.717, 1.165) is 9.46 Å². The number of esters is 1. The summed E-state index contributed by atoms with van der Waals surface area (Å²) in [7, 11) is 0. The maximum Gasteiger partial charge on any atom is 0.326 e. The number of amides is 1. The van der Waals surface area contributed by atoms with Crippen LogP contribution in [0.3, 0.4) is 0 Å². The second kappa shape index (κ2) is 8.50. The molecule has 1 heterocycles. The van der Waals surface area contributed by atoms with Gasteiger partial charge in [0, 0.05) is 10.6 Å². The Morgan fingerprint density at radius 3 is 2.81 bits per heavy atom. The van der Waals surface area contributed by atoms with Gasteiger partial charge < -0.3 is 10.1 Å². The highest BCUT2D eigenvalue weighted by atomic mass is 32.2. The molecule has 0 radical (unpaired) electrons. The van der Waals surface area contributed by atoms with Gasteiger partial charge in [-0.1, -0.05) is 18.2 Å². The van der Waals surface area contributed by atoms with Crippen LogP contribution in [0.25, 0.3) is 10.9 Å². The second-order valence-electron chi connectivity index (χ2n) is 5.64. The number of hydrogen-bond donors (Lipinski definition) is 1. The molecule has 1 N–H and O–H groups in total. The monoisotopic (exact) mass is 383 g/mol. The molecule has 1 aromatic heterocycles. The van der Waals surface area contributed by atoms with Gasteiger partial charge in [0.25, 0.3) is 11.5 Å². The number of benzene rings is 2. The largest absolute Gasteiger partial charge is 0.454 e. The molecule has 0 aliphatic rings. The van der Waals surface area contributed by atoms with Crippen LogP contribution in [-0.2, 0) is 20.9 Å². The molecule has 138 valence electrons. The summed E-state index contributed by atoms with van der Waals surface area (Å²) >= 11 is 1.56. The van der Waals surface area contributed by atoms with Gasteiger partial charge in [-0.3, -0.25) is 19.0 Å². The van der Waals surface area contributed by atoms with Crippen molar-refractivity contribution < 1.29 is 14.3 Å². The van der Waals surface area contributed by atoms with Gasteiger partial charge in [0.05, 0.1) is 17.2 Å². The van der Waals surface area contributed by atoms with E-state index in [1.165, 1.54) is 6.33 Å². The number of anilines is 1. The van der Waals surface area contributed by atoms with Crippen LogP contribution in [0.15, 0.2) is 64.5 Å². The molecular formula is C19H17N3O4S. The predicted molar refractivity (Wildman–Crippen MR) is 104 cm³/mol. The number of thioether (sulfide) groups is 1. The fourth-order valence-corrected chi connectivity index (χ4v) is 2.91. The first-order valence-electron chi connectivity index (χ1n) is 8.10. The zero-order chi connectivity index (χ0) is 19.2. The highest BCUT2D eigenvalue weighted by Gasteiger charge is 2.11. The van der Waals surface area contributed by atoms with Crippen molar-refractivity contribution in [2.75, 3.05) is 18.2 Å². The zero-order valence-electron chi connectivity index (χ0n) is 14.5. The molecule has 0 aliphatic heterocycles. The first-order valence-corrected chi connectivity index (χ1v) is 9.33. The van der Waals surface area contributed by atoms with Crippen LogP contribution in [-0.4, -0.2) is 34.3 Å². The lowest BCUT2D eigenvalue weighted by Crippen LogP contribution is -2.28. The molecule has 27 heavy (non-hydrogen) atoms. The minimum Gasteiger partial charge on any atom is -0.454 e. The summed E-state index contributed by atoms with van der Waals surface area (Å²) in [6.45, 7) is -0.746. The van der Waals surface area contributed by atoms with E-state index >= 15 is 0 Å². The van der Waals surface area contributed by atoms with Gasteiger partial charge in [0.15, 0.2) is 6.61 Å². The van der Waals surface area contributed by atoms with E-state index in [2.05, 4.69) is 10.3 Å². The van der Waals surface area contributed by atoms with Crippen LogP contribution in [0.2, 0.25) is 0 Å². The van der Waals surface area contributed by atoms with Gasteiger partial charge in [-0.05, 0) is 36.6 Å². The molecule has 0 saturated heterocycles. The molecule has 0 unspecified atom stereocenters. The highest BCUT2D eigenvalue weighted by molar-refractivity contribution is 7.98. The third-order valence-corrected chi connectivity index (χ3v) is 4.47. The molecule has 0 atom stereocenters. The number of carbonyl (C=O) groups is 2. The van der Waals surface area contributed by atoms with Crippen molar-refractivity contribution in [3.05, 3.63) is 65.2 Å². The Labute approximate surface area is 159 Å². The molecule has 3 rings (SSSR count). The lowest BCUT2D eigenvalue weighted by molar-refractivity contribution is -0.147. The smallest absolute Gasteiger partial charge is 0.326 e.